The Balaban J connectivity index is 1.50. The second-order valence-electron chi connectivity index (χ2n) is 8.88. The summed E-state index contributed by atoms with van der Waals surface area (Å²) in [6, 6.07) is 10.5. The van der Waals surface area contributed by atoms with E-state index in [0.29, 0.717) is 17.7 Å². The molecule has 4 rings (SSSR count). The van der Waals surface area contributed by atoms with Crippen LogP contribution < -0.4 is 5.32 Å². The molecule has 5 nitrogen and oxygen atoms in total. The van der Waals surface area contributed by atoms with Crippen molar-refractivity contribution in [1.29, 1.82) is 0 Å². The highest BCUT2D eigenvalue weighted by molar-refractivity contribution is 5.95. The maximum absolute atomic E-state index is 12.9. The summed E-state index contributed by atoms with van der Waals surface area (Å²) >= 11 is 0. The summed E-state index contributed by atoms with van der Waals surface area (Å²) in [4.78, 5) is 27.2. The lowest BCUT2D eigenvalue weighted by Gasteiger charge is -2.40. The van der Waals surface area contributed by atoms with Crippen molar-refractivity contribution in [2.45, 2.75) is 63.8 Å². The van der Waals surface area contributed by atoms with E-state index in [2.05, 4.69) is 29.6 Å². The van der Waals surface area contributed by atoms with Crippen LogP contribution in [-0.4, -0.2) is 35.8 Å². The summed E-state index contributed by atoms with van der Waals surface area (Å²) in [6.45, 7) is 7.30. The summed E-state index contributed by atoms with van der Waals surface area (Å²) < 4.78 is 5.31. The Bertz CT molecular complexity index is 906. The number of aryl methyl sites for hydroxylation is 1. The third-order valence-electron chi connectivity index (χ3n) is 6.59. The van der Waals surface area contributed by atoms with E-state index in [1.165, 1.54) is 11.1 Å². The first-order valence-electron chi connectivity index (χ1n) is 10.6. The fourth-order valence-electron chi connectivity index (χ4n) is 5.20. The minimum Gasteiger partial charge on any atom is -0.469 e. The number of carbonyl (C=O) groups is 2. The third kappa shape index (κ3) is 3.70. The number of piperidine rings is 1. The number of nitrogens with one attached hydrogen (secondary N) is 1. The Labute approximate surface area is 172 Å². The number of amides is 2. The van der Waals surface area contributed by atoms with E-state index in [4.69, 9.17) is 4.42 Å². The van der Waals surface area contributed by atoms with E-state index in [1.807, 2.05) is 25.7 Å². The summed E-state index contributed by atoms with van der Waals surface area (Å²) in [5.74, 6) is 1.12. The molecule has 1 fully saturated rings. The number of carbonyl (C=O) groups excluding carboxylic acids is 2. The molecule has 0 bridgehead atoms. The van der Waals surface area contributed by atoms with Gasteiger partial charge < -0.3 is 14.6 Å². The van der Waals surface area contributed by atoms with Crippen molar-refractivity contribution in [3.63, 3.8) is 0 Å². The van der Waals surface area contributed by atoms with Crippen LogP contribution in [0.1, 0.15) is 72.7 Å². The highest BCUT2D eigenvalue weighted by Crippen LogP contribution is 2.52. The van der Waals surface area contributed by atoms with Crippen molar-refractivity contribution in [3.8, 4) is 0 Å². The van der Waals surface area contributed by atoms with Gasteiger partial charge in [0.15, 0.2) is 0 Å². The van der Waals surface area contributed by atoms with E-state index in [1.54, 1.807) is 12.3 Å². The average Bonchev–Trinajstić information content (AvgIpc) is 3.24. The van der Waals surface area contributed by atoms with Crippen LogP contribution in [-0.2, 0) is 10.2 Å². The van der Waals surface area contributed by atoms with Crippen LogP contribution in [0, 0.1) is 6.92 Å². The fraction of sp³-hybridized carbons (Fsp3) is 0.500. The number of nitrogens with zero attached hydrogens (tertiary/aromatic N) is 1. The molecular weight excluding hydrogens is 364 g/mol. The van der Waals surface area contributed by atoms with Crippen molar-refractivity contribution in [2.75, 3.05) is 13.1 Å². The quantitative estimate of drug-likeness (QED) is 0.847. The molecule has 0 unspecified atom stereocenters. The van der Waals surface area contributed by atoms with Gasteiger partial charge in [-0.1, -0.05) is 24.3 Å². The van der Waals surface area contributed by atoms with Crippen molar-refractivity contribution in [3.05, 3.63) is 59.0 Å². The zero-order valence-electron chi connectivity index (χ0n) is 17.5. The largest absolute Gasteiger partial charge is 0.469 e. The molecule has 29 heavy (non-hydrogen) atoms. The van der Waals surface area contributed by atoms with Gasteiger partial charge in [0.05, 0.1) is 11.8 Å². The molecule has 5 heteroatoms. The van der Waals surface area contributed by atoms with Gasteiger partial charge in [0.2, 0.25) is 5.91 Å². The summed E-state index contributed by atoms with van der Waals surface area (Å²) in [6.07, 6.45) is 4.98. The van der Waals surface area contributed by atoms with Crippen molar-refractivity contribution < 1.29 is 14.0 Å². The number of benzene rings is 1. The first-order chi connectivity index (χ1) is 13.9. The first-order valence-corrected chi connectivity index (χ1v) is 10.6. The van der Waals surface area contributed by atoms with Crippen LogP contribution >= 0.6 is 0 Å². The molecule has 1 aromatic heterocycles. The highest BCUT2D eigenvalue weighted by Gasteiger charge is 2.46. The molecule has 1 aliphatic heterocycles. The maximum Gasteiger partial charge on any atom is 0.257 e. The van der Waals surface area contributed by atoms with Gasteiger partial charge in [-0.2, -0.15) is 0 Å². The number of hydrogen-bond acceptors (Lipinski definition) is 3. The standard InChI is InChI=1S/C24H30N2O3/c1-16(2)25-22(27)14-18-15-24(21-7-5-4-6-20(18)21)9-11-26(12-10-24)23(28)19-8-13-29-17(19)3/h4-8,13,16,18H,9-12,14-15H2,1-3H3,(H,25,27)/t18-/m1/s1. The van der Waals surface area contributed by atoms with Crippen LogP contribution in [0.25, 0.3) is 0 Å². The summed E-state index contributed by atoms with van der Waals surface area (Å²) in [7, 11) is 0. The molecule has 2 heterocycles. The lowest BCUT2D eigenvalue weighted by Crippen LogP contribution is -2.44. The number of fused-ring (bicyclic) bond motifs is 2. The summed E-state index contributed by atoms with van der Waals surface area (Å²) in [5.41, 5.74) is 3.43. The smallest absolute Gasteiger partial charge is 0.257 e. The second-order valence-corrected chi connectivity index (χ2v) is 8.88. The Morgan fingerprint density at radius 2 is 1.93 bits per heavy atom. The van der Waals surface area contributed by atoms with Crippen LogP contribution in [0.3, 0.4) is 0 Å². The molecule has 1 aromatic carbocycles. The van der Waals surface area contributed by atoms with Crippen LogP contribution in [0.5, 0.6) is 0 Å². The van der Waals surface area contributed by atoms with Gasteiger partial charge in [0, 0.05) is 25.6 Å². The molecule has 1 spiro atoms. The van der Waals surface area contributed by atoms with E-state index < -0.39 is 0 Å². The Morgan fingerprint density at radius 1 is 1.21 bits per heavy atom. The first kappa shape index (κ1) is 19.7. The van der Waals surface area contributed by atoms with Crippen molar-refractivity contribution >= 4 is 11.8 Å². The Morgan fingerprint density at radius 3 is 2.59 bits per heavy atom. The van der Waals surface area contributed by atoms with Crippen LogP contribution in [0.4, 0.5) is 0 Å². The van der Waals surface area contributed by atoms with Crippen molar-refractivity contribution in [1.82, 2.24) is 10.2 Å². The topological polar surface area (TPSA) is 62.6 Å². The molecule has 0 saturated carbocycles. The zero-order chi connectivity index (χ0) is 20.6. The van der Waals surface area contributed by atoms with E-state index in [0.717, 1.165) is 32.4 Å². The molecule has 1 aliphatic carbocycles. The Hall–Kier alpha value is -2.56. The van der Waals surface area contributed by atoms with E-state index in [9.17, 15) is 9.59 Å². The normalized spacial score (nSPS) is 20.1. The molecule has 154 valence electrons. The molecular formula is C24H30N2O3. The Kier molecular flexibility index (Phi) is 5.24. The van der Waals surface area contributed by atoms with E-state index >= 15 is 0 Å². The molecule has 2 aliphatic rings. The number of furan rings is 1. The van der Waals surface area contributed by atoms with Gasteiger partial charge in [-0.25, -0.2) is 0 Å². The van der Waals surface area contributed by atoms with Gasteiger partial charge in [0.1, 0.15) is 5.76 Å². The highest BCUT2D eigenvalue weighted by atomic mass is 16.3. The van der Waals surface area contributed by atoms with Gasteiger partial charge in [-0.05, 0) is 68.6 Å². The van der Waals surface area contributed by atoms with Crippen molar-refractivity contribution in [2.24, 2.45) is 0 Å². The average molecular weight is 395 g/mol. The molecule has 0 radical (unpaired) electrons. The lowest BCUT2D eigenvalue weighted by molar-refractivity contribution is -0.122. The molecule has 1 saturated heterocycles. The third-order valence-corrected chi connectivity index (χ3v) is 6.59. The molecule has 2 aromatic rings. The van der Waals surface area contributed by atoms with Gasteiger partial charge >= 0.3 is 0 Å². The predicted octanol–water partition coefficient (Wildman–Crippen LogP) is 4.16. The second kappa shape index (κ2) is 7.69. The number of hydrogen-bond donors (Lipinski definition) is 1. The molecule has 2 amide bonds. The fourth-order valence-corrected chi connectivity index (χ4v) is 5.20. The predicted molar refractivity (Wildman–Crippen MR) is 112 cm³/mol. The van der Waals surface area contributed by atoms with Crippen LogP contribution in [0.2, 0.25) is 0 Å². The maximum atomic E-state index is 12.9. The number of likely N-dealkylation sites (tertiary alicyclic amines) is 1. The summed E-state index contributed by atoms with van der Waals surface area (Å²) in [5, 5.41) is 3.03. The monoisotopic (exact) mass is 394 g/mol. The SMILES string of the molecule is Cc1occc1C(=O)N1CCC2(CC1)C[C@@H](CC(=O)NC(C)C)c1ccccc12. The zero-order valence-corrected chi connectivity index (χ0v) is 17.5. The van der Waals surface area contributed by atoms with Crippen LogP contribution in [0.15, 0.2) is 41.0 Å². The minimum atomic E-state index is 0.0604. The van der Waals surface area contributed by atoms with Gasteiger partial charge in [0.25, 0.3) is 5.91 Å². The minimum absolute atomic E-state index is 0.0604. The van der Waals surface area contributed by atoms with Gasteiger partial charge in [-0.3, -0.25) is 9.59 Å². The molecule has 1 N–H and O–H groups in total. The van der Waals surface area contributed by atoms with Gasteiger partial charge in [-0.15, -0.1) is 0 Å². The number of rotatable bonds is 4. The van der Waals surface area contributed by atoms with E-state index in [-0.39, 0.29) is 29.2 Å². The lowest BCUT2D eigenvalue weighted by atomic mass is 9.73. The molecule has 1 atom stereocenters.